The molecule has 2 rings (SSSR count). The molecule has 0 amide bonds. The fourth-order valence-electron chi connectivity index (χ4n) is 1.99. The fraction of sp³-hybridized carbons (Fsp3) is 0.200. The molecule has 0 spiro atoms. The molecule has 2 aromatic rings. The summed E-state index contributed by atoms with van der Waals surface area (Å²) >= 11 is 0. The van der Waals surface area contributed by atoms with Crippen molar-refractivity contribution in [3.63, 3.8) is 0 Å². The van der Waals surface area contributed by atoms with E-state index in [0.29, 0.717) is 6.61 Å². The Bertz CT molecular complexity index is 807. The second kappa shape index (κ2) is 11.1. The van der Waals surface area contributed by atoms with Crippen molar-refractivity contribution in [2.75, 3.05) is 6.61 Å². The molecule has 28 heavy (non-hydrogen) atoms. The summed E-state index contributed by atoms with van der Waals surface area (Å²) in [4.78, 5) is 43.1. The number of aromatic carboxylic acids is 3. The third-order valence-corrected chi connectivity index (χ3v) is 3.49. The molecule has 0 bridgehead atoms. The topological polar surface area (TPSA) is 138 Å². The van der Waals surface area contributed by atoms with Crippen LogP contribution in [0.3, 0.4) is 0 Å². The van der Waals surface area contributed by atoms with Crippen molar-refractivity contribution in [1.29, 1.82) is 0 Å². The largest absolute Gasteiger partial charge is 0.478 e. The molecule has 0 aliphatic carbocycles. The highest BCUT2D eigenvalue weighted by Crippen LogP contribution is 2.10. The molecular formula is C20H20O8. The molecule has 8 nitrogen and oxygen atoms in total. The number of rotatable bonds is 7. The first-order valence-electron chi connectivity index (χ1n) is 8.34. The molecule has 2 aromatic carbocycles. The highest BCUT2D eigenvalue weighted by Gasteiger charge is 2.16. The fourth-order valence-corrected chi connectivity index (χ4v) is 1.99. The lowest BCUT2D eigenvalue weighted by Crippen LogP contribution is -2.12. The predicted molar refractivity (Wildman–Crippen MR) is 99.0 cm³/mol. The normalized spacial score (nSPS) is 9.61. The van der Waals surface area contributed by atoms with Crippen molar-refractivity contribution < 1.29 is 39.2 Å². The first-order chi connectivity index (χ1) is 13.3. The number of carbonyl (C=O) groups is 4. The minimum absolute atomic E-state index is 0.0241. The summed E-state index contributed by atoms with van der Waals surface area (Å²) in [6.07, 6.45) is 1.70. The van der Waals surface area contributed by atoms with Crippen LogP contribution >= 0.6 is 0 Å². The van der Waals surface area contributed by atoms with Gasteiger partial charge in [-0.1, -0.05) is 25.5 Å². The predicted octanol–water partition coefficient (Wildman–Crippen LogP) is 3.42. The first-order valence-corrected chi connectivity index (χ1v) is 8.34. The zero-order valence-electron chi connectivity index (χ0n) is 15.1. The van der Waals surface area contributed by atoms with Crippen LogP contribution in [-0.2, 0) is 4.74 Å². The van der Waals surface area contributed by atoms with Gasteiger partial charge in [0.15, 0.2) is 0 Å². The van der Waals surface area contributed by atoms with Crippen LogP contribution in [0.2, 0.25) is 0 Å². The van der Waals surface area contributed by atoms with Crippen molar-refractivity contribution in [3.8, 4) is 0 Å². The summed E-state index contributed by atoms with van der Waals surface area (Å²) in [6.45, 7) is 2.31. The molecule has 0 saturated heterocycles. The number of hydrogen-bond donors (Lipinski definition) is 3. The van der Waals surface area contributed by atoms with E-state index < -0.39 is 23.9 Å². The van der Waals surface area contributed by atoms with Gasteiger partial charge in [-0.3, -0.25) is 0 Å². The maximum absolute atomic E-state index is 11.6. The van der Waals surface area contributed by atoms with E-state index in [1.807, 2.05) is 6.92 Å². The highest BCUT2D eigenvalue weighted by atomic mass is 16.5. The van der Waals surface area contributed by atoms with Crippen LogP contribution in [0.15, 0.2) is 48.5 Å². The van der Waals surface area contributed by atoms with Crippen molar-refractivity contribution in [1.82, 2.24) is 0 Å². The van der Waals surface area contributed by atoms with Crippen LogP contribution in [0.5, 0.6) is 0 Å². The minimum atomic E-state index is -1.12. The van der Waals surface area contributed by atoms with Crippen molar-refractivity contribution in [2.24, 2.45) is 0 Å². The second-order valence-corrected chi connectivity index (χ2v) is 5.53. The Kier molecular flexibility index (Phi) is 8.88. The van der Waals surface area contributed by atoms with Crippen LogP contribution in [-0.4, -0.2) is 45.8 Å². The molecule has 3 N–H and O–H groups in total. The first kappa shape index (κ1) is 22.4. The van der Waals surface area contributed by atoms with Gasteiger partial charge in [-0.05, 0) is 42.8 Å². The SMILES string of the molecule is CCCCOC(=O)c1ccccc1C(=O)O.O=C(O)c1ccc(C(=O)O)cc1. The number of unbranched alkanes of at least 4 members (excludes halogenated alkanes) is 1. The lowest BCUT2D eigenvalue weighted by atomic mass is 10.1. The summed E-state index contributed by atoms with van der Waals surface area (Å²) < 4.78 is 4.96. The van der Waals surface area contributed by atoms with Crippen molar-refractivity contribution in [2.45, 2.75) is 19.8 Å². The molecule has 0 atom stereocenters. The summed E-state index contributed by atoms with van der Waals surface area (Å²) in [6, 6.07) is 11.1. The number of esters is 1. The maximum atomic E-state index is 11.6. The van der Waals surface area contributed by atoms with E-state index in [2.05, 4.69) is 0 Å². The van der Waals surface area contributed by atoms with E-state index >= 15 is 0 Å². The van der Waals surface area contributed by atoms with Gasteiger partial charge in [-0.15, -0.1) is 0 Å². The lowest BCUT2D eigenvalue weighted by molar-refractivity contribution is 0.0489. The van der Waals surface area contributed by atoms with E-state index in [-0.39, 0.29) is 22.3 Å². The zero-order chi connectivity index (χ0) is 21.1. The summed E-state index contributed by atoms with van der Waals surface area (Å²) in [5.74, 6) is -3.83. The molecule has 0 fully saturated rings. The molecule has 0 aliphatic rings. The van der Waals surface area contributed by atoms with Gasteiger partial charge in [0.2, 0.25) is 0 Å². The van der Waals surface area contributed by atoms with Crippen LogP contribution in [0, 0.1) is 0 Å². The van der Waals surface area contributed by atoms with E-state index in [9.17, 15) is 19.2 Å². The van der Waals surface area contributed by atoms with Gasteiger partial charge in [0, 0.05) is 0 Å². The molecule has 0 radical (unpaired) electrons. The van der Waals surface area contributed by atoms with Gasteiger partial charge in [-0.2, -0.15) is 0 Å². The smallest absolute Gasteiger partial charge is 0.339 e. The van der Waals surface area contributed by atoms with Crippen LogP contribution in [0.4, 0.5) is 0 Å². The van der Waals surface area contributed by atoms with Crippen molar-refractivity contribution >= 4 is 23.9 Å². The zero-order valence-corrected chi connectivity index (χ0v) is 15.1. The Labute approximate surface area is 161 Å². The third kappa shape index (κ3) is 6.91. The molecule has 0 saturated carbocycles. The number of ether oxygens (including phenoxy) is 1. The molecule has 0 heterocycles. The average molecular weight is 388 g/mol. The van der Waals surface area contributed by atoms with Gasteiger partial charge in [0.1, 0.15) is 0 Å². The van der Waals surface area contributed by atoms with Gasteiger partial charge >= 0.3 is 23.9 Å². The Morgan fingerprint density at radius 1 is 0.750 bits per heavy atom. The summed E-state index contributed by atoms with van der Waals surface area (Å²) in [5, 5.41) is 25.8. The van der Waals surface area contributed by atoms with Crippen LogP contribution < -0.4 is 0 Å². The Morgan fingerprint density at radius 3 is 1.61 bits per heavy atom. The molecule has 0 aromatic heterocycles. The van der Waals surface area contributed by atoms with Gasteiger partial charge in [0.05, 0.1) is 28.9 Å². The molecule has 0 aliphatic heterocycles. The molecule has 0 unspecified atom stereocenters. The van der Waals surface area contributed by atoms with E-state index in [4.69, 9.17) is 20.1 Å². The summed E-state index contributed by atoms with van der Waals surface area (Å²) in [7, 11) is 0. The number of carboxylic acids is 3. The van der Waals surface area contributed by atoms with Gasteiger partial charge < -0.3 is 20.1 Å². The number of hydrogen-bond acceptors (Lipinski definition) is 5. The maximum Gasteiger partial charge on any atom is 0.339 e. The van der Waals surface area contributed by atoms with E-state index in [1.165, 1.54) is 36.4 Å². The summed E-state index contributed by atoms with van der Waals surface area (Å²) in [5.41, 5.74) is 0.245. The minimum Gasteiger partial charge on any atom is -0.478 e. The van der Waals surface area contributed by atoms with Crippen LogP contribution in [0.1, 0.15) is 61.2 Å². The van der Waals surface area contributed by atoms with Crippen molar-refractivity contribution in [3.05, 3.63) is 70.8 Å². The highest BCUT2D eigenvalue weighted by molar-refractivity contribution is 6.02. The van der Waals surface area contributed by atoms with Gasteiger partial charge in [-0.25, -0.2) is 19.2 Å². The monoisotopic (exact) mass is 388 g/mol. The standard InChI is InChI=1S/C12H14O4.C8H6O4/c1-2-3-8-16-12(15)10-7-5-4-6-9(10)11(13)14;9-7(10)5-1-2-6(4-3-5)8(11)12/h4-7H,2-3,8H2,1H3,(H,13,14);1-4H,(H,9,10)(H,11,12). The van der Waals surface area contributed by atoms with Gasteiger partial charge in [0.25, 0.3) is 0 Å². The Hall–Kier alpha value is -3.68. The Balaban J connectivity index is 0.000000292. The quantitative estimate of drug-likeness (QED) is 0.484. The van der Waals surface area contributed by atoms with E-state index in [0.717, 1.165) is 12.8 Å². The molecule has 148 valence electrons. The molecule has 8 heteroatoms. The Morgan fingerprint density at radius 2 is 1.21 bits per heavy atom. The number of carboxylic acid groups (broad SMARTS) is 3. The third-order valence-electron chi connectivity index (χ3n) is 3.49. The second-order valence-electron chi connectivity index (χ2n) is 5.53. The van der Waals surface area contributed by atoms with E-state index in [1.54, 1.807) is 12.1 Å². The average Bonchev–Trinajstić information content (AvgIpc) is 2.68. The number of carbonyl (C=O) groups excluding carboxylic acids is 1. The number of benzene rings is 2. The molecular weight excluding hydrogens is 368 g/mol. The van der Waals surface area contributed by atoms with Crippen LogP contribution in [0.25, 0.3) is 0 Å². The lowest BCUT2D eigenvalue weighted by Gasteiger charge is -2.06.